The quantitative estimate of drug-likeness (QED) is 0.574. The second-order valence-corrected chi connectivity index (χ2v) is 4.74. The van der Waals surface area contributed by atoms with Crippen molar-refractivity contribution >= 4 is 5.97 Å². The summed E-state index contributed by atoms with van der Waals surface area (Å²) < 4.78 is 4.86. The van der Waals surface area contributed by atoms with Crippen molar-refractivity contribution < 1.29 is 9.53 Å². The van der Waals surface area contributed by atoms with Crippen LogP contribution in [0.15, 0.2) is 42.5 Å². The van der Waals surface area contributed by atoms with Crippen LogP contribution in [-0.4, -0.2) is 12.6 Å². The molecular formula is C15H20O2. The minimum Gasteiger partial charge on any atom is -0.463 e. The van der Waals surface area contributed by atoms with Crippen LogP contribution in [0.25, 0.3) is 0 Å². The van der Waals surface area contributed by atoms with E-state index in [-0.39, 0.29) is 11.4 Å². The van der Waals surface area contributed by atoms with Gasteiger partial charge in [0.15, 0.2) is 0 Å². The largest absolute Gasteiger partial charge is 0.463 e. The van der Waals surface area contributed by atoms with Crippen molar-refractivity contribution in [1.82, 2.24) is 0 Å². The normalized spacial score (nSPS) is 11.7. The number of carbonyl (C=O) groups excluding carboxylic acids is 1. The van der Waals surface area contributed by atoms with E-state index < -0.39 is 0 Å². The van der Waals surface area contributed by atoms with Gasteiger partial charge in [-0.2, -0.15) is 0 Å². The van der Waals surface area contributed by atoms with Crippen molar-refractivity contribution in [3.05, 3.63) is 48.0 Å². The number of rotatable bonds is 5. The Balaban J connectivity index is 2.60. The molecule has 1 aromatic rings. The topological polar surface area (TPSA) is 26.3 Å². The van der Waals surface area contributed by atoms with Crippen LogP contribution in [0.4, 0.5) is 0 Å². The maximum Gasteiger partial charge on any atom is 0.330 e. The summed E-state index contributed by atoms with van der Waals surface area (Å²) in [7, 11) is 0. The summed E-state index contributed by atoms with van der Waals surface area (Å²) in [5, 5.41) is 0. The fraction of sp³-hybridized carbons (Fsp3) is 0.400. The molecule has 0 amide bonds. The van der Waals surface area contributed by atoms with Crippen molar-refractivity contribution in [2.24, 2.45) is 5.41 Å². The molecule has 0 bridgehead atoms. The zero-order valence-corrected chi connectivity index (χ0v) is 10.8. The summed E-state index contributed by atoms with van der Waals surface area (Å²) in [4.78, 5) is 11.2. The highest BCUT2D eigenvalue weighted by Gasteiger charge is 2.15. The van der Waals surface area contributed by atoms with Crippen molar-refractivity contribution in [2.75, 3.05) is 6.61 Å². The van der Waals surface area contributed by atoms with Crippen molar-refractivity contribution in [1.29, 1.82) is 0 Å². The Labute approximate surface area is 103 Å². The average molecular weight is 232 g/mol. The first-order chi connectivity index (χ1) is 8.03. The highest BCUT2D eigenvalue weighted by Crippen LogP contribution is 2.23. The molecule has 0 N–H and O–H groups in total. The number of benzene rings is 1. The van der Waals surface area contributed by atoms with Crippen molar-refractivity contribution in [3.8, 4) is 0 Å². The van der Waals surface area contributed by atoms with Gasteiger partial charge in [-0.05, 0) is 24.3 Å². The summed E-state index contributed by atoms with van der Waals surface area (Å²) in [5.74, 6) is -0.270. The van der Waals surface area contributed by atoms with Gasteiger partial charge in [-0.15, -0.1) is 0 Å². The second-order valence-electron chi connectivity index (χ2n) is 4.74. The van der Waals surface area contributed by atoms with Gasteiger partial charge in [-0.3, -0.25) is 0 Å². The second kappa shape index (κ2) is 6.24. The van der Waals surface area contributed by atoms with E-state index in [9.17, 15) is 4.79 Å². The Morgan fingerprint density at radius 2 is 1.94 bits per heavy atom. The number of hydrogen-bond acceptors (Lipinski definition) is 2. The minimum atomic E-state index is -0.270. The van der Waals surface area contributed by atoms with Gasteiger partial charge >= 0.3 is 5.97 Å². The molecule has 2 nitrogen and oxygen atoms in total. The summed E-state index contributed by atoms with van der Waals surface area (Å²) >= 11 is 0. The number of esters is 1. The lowest BCUT2D eigenvalue weighted by atomic mass is 9.85. The standard InChI is InChI=1S/C15H20O2/c1-4-17-14(16)10-11-15(2,3)12-13-8-6-5-7-9-13/h5-11H,4,12H2,1-3H3. The molecule has 0 aliphatic rings. The third-order valence-electron chi connectivity index (χ3n) is 2.46. The number of hydrogen-bond donors (Lipinski definition) is 0. The fourth-order valence-corrected chi connectivity index (χ4v) is 1.66. The molecule has 1 rings (SSSR count). The lowest BCUT2D eigenvalue weighted by Crippen LogP contribution is -2.12. The van der Waals surface area contributed by atoms with Crippen LogP contribution in [0.3, 0.4) is 0 Å². The Morgan fingerprint density at radius 1 is 1.29 bits per heavy atom. The van der Waals surface area contributed by atoms with E-state index in [2.05, 4.69) is 26.0 Å². The Morgan fingerprint density at radius 3 is 2.53 bits per heavy atom. The molecule has 1 aromatic carbocycles. The molecule has 0 fully saturated rings. The lowest BCUT2D eigenvalue weighted by Gasteiger charge is -2.20. The van der Waals surface area contributed by atoms with E-state index in [1.807, 2.05) is 24.3 Å². The first-order valence-electron chi connectivity index (χ1n) is 5.93. The first-order valence-corrected chi connectivity index (χ1v) is 5.93. The van der Waals surface area contributed by atoms with Gasteiger partial charge in [0.25, 0.3) is 0 Å². The van der Waals surface area contributed by atoms with Crippen LogP contribution in [0.1, 0.15) is 26.3 Å². The van der Waals surface area contributed by atoms with Crippen LogP contribution >= 0.6 is 0 Å². The molecule has 0 aromatic heterocycles. The Kier molecular flexibility index (Phi) is 4.95. The zero-order chi connectivity index (χ0) is 12.7. The number of allylic oxidation sites excluding steroid dienone is 1. The molecule has 0 radical (unpaired) electrons. The number of ether oxygens (including phenoxy) is 1. The van der Waals surface area contributed by atoms with Crippen LogP contribution in [0, 0.1) is 5.41 Å². The van der Waals surface area contributed by atoms with E-state index in [1.165, 1.54) is 11.6 Å². The molecule has 0 heterocycles. The highest BCUT2D eigenvalue weighted by molar-refractivity contribution is 5.81. The van der Waals surface area contributed by atoms with Gasteiger partial charge in [-0.1, -0.05) is 50.3 Å². The van der Waals surface area contributed by atoms with Crippen molar-refractivity contribution in [3.63, 3.8) is 0 Å². The van der Waals surface area contributed by atoms with Gasteiger partial charge in [0.05, 0.1) is 6.61 Å². The molecule has 0 unspecified atom stereocenters. The van der Waals surface area contributed by atoms with Crippen LogP contribution < -0.4 is 0 Å². The maximum atomic E-state index is 11.2. The lowest BCUT2D eigenvalue weighted by molar-refractivity contribution is -0.137. The fourth-order valence-electron chi connectivity index (χ4n) is 1.66. The van der Waals surface area contributed by atoms with E-state index in [0.717, 1.165) is 6.42 Å². The summed E-state index contributed by atoms with van der Waals surface area (Å²) in [5.41, 5.74) is 1.22. The average Bonchev–Trinajstić information content (AvgIpc) is 2.28. The third kappa shape index (κ3) is 5.34. The van der Waals surface area contributed by atoms with Crippen molar-refractivity contribution in [2.45, 2.75) is 27.2 Å². The molecular weight excluding hydrogens is 212 g/mol. The summed E-state index contributed by atoms with van der Waals surface area (Å²) in [6, 6.07) is 10.3. The smallest absolute Gasteiger partial charge is 0.330 e. The van der Waals surface area contributed by atoms with Gasteiger partial charge in [0.1, 0.15) is 0 Å². The summed E-state index contributed by atoms with van der Waals surface area (Å²) in [6.07, 6.45) is 4.34. The van der Waals surface area contributed by atoms with E-state index in [4.69, 9.17) is 4.74 Å². The van der Waals surface area contributed by atoms with E-state index in [1.54, 1.807) is 6.92 Å². The van der Waals surface area contributed by atoms with Gasteiger partial charge < -0.3 is 4.74 Å². The molecule has 0 spiro atoms. The van der Waals surface area contributed by atoms with Gasteiger partial charge in [0, 0.05) is 6.08 Å². The highest BCUT2D eigenvalue weighted by atomic mass is 16.5. The van der Waals surface area contributed by atoms with E-state index >= 15 is 0 Å². The van der Waals surface area contributed by atoms with Crippen LogP contribution in [-0.2, 0) is 16.0 Å². The minimum absolute atomic E-state index is 0.0475. The molecule has 0 atom stereocenters. The Bertz CT molecular complexity index is 377. The molecule has 0 saturated heterocycles. The first kappa shape index (κ1) is 13.5. The monoisotopic (exact) mass is 232 g/mol. The summed E-state index contributed by atoms with van der Waals surface area (Å²) in [6.45, 7) is 6.44. The predicted octanol–water partition coefficient (Wildman–Crippen LogP) is 3.37. The predicted molar refractivity (Wildman–Crippen MR) is 69.7 cm³/mol. The molecule has 2 heteroatoms. The third-order valence-corrected chi connectivity index (χ3v) is 2.46. The Hall–Kier alpha value is -1.57. The number of carbonyl (C=O) groups is 1. The molecule has 92 valence electrons. The molecule has 0 aliphatic heterocycles. The molecule has 17 heavy (non-hydrogen) atoms. The molecule has 0 saturated carbocycles. The van der Waals surface area contributed by atoms with Crippen LogP contribution in [0.5, 0.6) is 0 Å². The maximum absolute atomic E-state index is 11.2. The van der Waals surface area contributed by atoms with Gasteiger partial charge in [-0.25, -0.2) is 4.79 Å². The SMILES string of the molecule is CCOC(=O)C=CC(C)(C)Cc1ccccc1. The van der Waals surface area contributed by atoms with E-state index in [0.29, 0.717) is 6.61 Å². The van der Waals surface area contributed by atoms with Gasteiger partial charge in [0.2, 0.25) is 0 Å². The van der Waals surface area contributed by atoms with Crippen LogP contribution in [0.2, 0.25) is 0 Å². The zero-order valence-electron chi connectivity index (χ0n) is 10.8. The molecule has 0 aliphatic carbocycles.